The minimum absolute atomic E-state index is 0.450. The molecule has 0 radical (unpaired) electrons. The van der Waals surface area contributed by atoms with E-state index in [1.165, 1.54) is 0 Å². The lowest BCUT2D eigenvalue weighted by Gasteiger charge is -2.09. The number of benzene rings is 1. The molecule has 0 bridgehead atoms. The molecule has 0 amide bonds. The van der Waals surface area contributed by atoms with Crippen molar-refractivity contribution < 1.29 is 30.7 Å². The normalized spacial score (nSPS) is 12.4. The van der Waals surface area contributed by atoms with Crippen LogP contribution in [0, 0.1) is 0 Å². The maximum absolute atomic E-state index is 10.9. The van der Waals surface area contributed by atoms with Crippen LogP contribution in [0.1, 0.15) is 0 Å². The van der Waals surface area contributed by atoms with E-state index in [1.54, 1.807) is 0 Å². The minimum Gasteiger partial charge on any atom is -0.495 e. The molecule has 8 nitrogen and oxygen atoms in total. The summed E-state index contributed by atoms with van der Waals surface area (Å²) in [6.45, 7) is 0. The Bertz CT molecular complexity index is 647. The summed E-state index contributed by atoms with van der Waals surface area (Å²) in [6.07, 6.45) is 0. The Morgan fingerprint density at radius 3 is 1.88 bits per heavy atom. The van der Waals surface area contributed by atoms with E-state index in [1.807, 2.05) is 0 Å². The highest BCUT2D eigenvalue weighted by molar-refractivity contribution is 7.86. The SMILES string of the molecule is COc1cc(S(=O)(=O)O)c(N)cc1S(=O)(=O)O. The van der Waals surface area contributed by atoms with E-state index in [0.29, 0.717) is 12.1 Å². The fraction of sp³-hybridized carbons (Fsp3) is 0.143. The highest BCUT2D eigenvalue weighted by Crippen LogP contribution is 2.31. The number of nitrogens with two attached hydrogens (primary N) is 1. The second kappa shape index (κ2) is 4.14. The molecule has 1 aromatic carbocycles. The van der Waals surface area contributed by atoms with E-state index in [4.69, 9.17) is 14.8 Å². The summed E-state index contributed by atoms with van der Waals surface area (Å²) in [5.74, 6) is -0.450. The van der Waals surface area contributed by atoms with Crippen LogP contribution in [0.4, 0.5) is 5.69 Å². The van der Waals surface area contributed by atoms with Gasteiger partial charge in [0.1, 0.15) is 15.5 Å². The Balaban J connectivity index is 3.69. The Labute approximate surface area is 97.5 Å². The van der Waals surface area contributed by atoms with Gasteiger partial charge in [-0.25, -0.2) is 0 Å². The van der Waals surface area contributed by atoms with Gasteiger partial charge < -0.3 is 10.5 Å². The number of ether oxygens (including phenoxy) is 1. The lowest BCUT2D eigenvalue weighted by atomic mass is 10.3. The molecule has 0 saturated heterocycles. The van der Waals surface area contributed by atoms with E-state index in [-0.39, 0.29) is 0 Å². The zero-order chi connectivity index (χ0) is 13.4. The van der Waals surface area contributed by atoms with Gasteiger partial charge in [-0.15, -0.1) is 0 Å². The van der Waals surface area contributed by atoms with Crippen LogP contribution >= 0.6 is 0 Å². The van der Waals surface area contributed by atoms with E-state index >= 15 is 0 Å². The predicted octanol–water partition coefficient (Wildman–Crippen LogP) is -0.229. The van der Waals surface area contributed by atoms with Gasteiger partial charge in [0.15, 0.2) is 0 Å². The van der Waals surface area contributed by atoms with Crippen molar-refractivity contribution >= 4 is 25.9 Å². The van der Waals surface area contributed by atoms with Gasteiger partial charge in [0, 0.05) is 6.07 Å². The fourth-order valence-electron chi connectivity index (χ4n) is 1.14. The molecule has 1 rings (SSSR count). The molecular formula is C7H9NO7S2. The second-order valence-corrected chi connectivity index (χ2v) is 5.77. The number of hydrogen-bond acceptors (Lipinski definition) is 6. The number of methoxy groups -OCH3 is 1. The van der Waals surface area contributed by atoms with Crippen molar-refractivity contribution in [1.29, 1.82) is 0 Å². The zero-order valence-corrected chi connectivity index (χ0v) is 10.1. The second-order valence-electron chi connectivity index (χ2n) is 2.99. The number of nitrogen functional groups attached to an aromatic ring is 1. The Hall–Kier alpha value is -1.36. The monoisotopic (exact) mass is 283 g/mol. The summed E-state index contributed by atoms with van der Waals surface area (Å²) in [5, 5.41) is 0. The molecule has 0 atom stereocenters. The molecule has 17 heavy (non-hydrogen) atoms. The van der Waals surface area contributed by atoms with Gasteiger partial charge in [0.25, 0.3) is 20.2 Å². The van der Waals surface area contributed by atoms with Gasteiger partial charge in [-0.3, -0.25) is 9.11 Å². The average molecular weight is 283 g/mol. The third-order valence-electron chi connectivity index (χ3n) is 1.85. The van der Waals surface area contributed by atoms with Crippen LogP contribution < -0.4 is 10.5 Å². The summed E-state index contributed by atoms with van der Waals surface area (Å²) >= 11 is 0. The minimum atomic E-state index is -4.61. The third kappa shape index (κ3) is 2.85. The molecule has 0 aliphatic rings. The van der Waals surface area contributed by atoms with Gasteiger partial charge >= 0.3 is 0 Å². The Morgan fingerprint density at radius 1 is 1.06 bits per heavy atom. The first-order chi connectivity index (χ1) is 7.57. The van der Waals surface area contributed by atoms with Gasteiger partial charge in [0.2, 0.25) is 0 Å². The molecule has 0 aromatic heterocycles. The predicted molar refractivity (Wildman–Crippen MR) is 57.0 cm³/mol. The summed E-state index contributed by atoms with van der Waals surface area (Å²) in [7, 11) is -8.16. The molecule has 4 N–H and O–H groups in total. The van der Waals surface area contributed by atoms with Crippen LogP contribution in [0.25, 0.3) is 0 Å². The van der Waals surface area contributed by atoms with Crippen LogP contribution in [-0.4, -0.2) is 33.1 Å². The van der Waals surface area contributed by atoms with Crippen molar-refractivity contribution in [1.82, 2.24) is 0 Å². The molecule has 0 spiro atoms. The van der Waals surface area contributed by atoms with Crippen molar-refractivity contribution in [3.8, 4) is 5.75 Å². The summed E-state index contributed by atoms with van der Waals surface area (Å²) in [6, 6.07) is 1.38. The smallest absolute Gasteiger partial charge is 0.298 e. The van der Waals surface area contributed by atoms with Crippen molar-refractivity contribution in [2.75, 3.05) is 12.8 Å². The van der Waals surface area contributed by atoms with E-state index in [2.05, 4.69) is 4.74 Å². The Kier molecular flexibility index (Phi) is 3.34. The third-order valence-corrected chi connectivity index (χ3v) is 3.64. The van der Waals surface area contributed by atoms with Gasteiger partial charge in [0.05, 0.1) is 12.8 Å². The van der Waals surface area contributed by atoms with Crippen LogP contribution in [0.15, 0.2) is 21.9 Å². The van der Waals surface area contributed by atoms with Gasteiger partial charge in [-0.1, -0.05) is 0 Å². The number of rotatable bonds is 3. The summed E-state index contributed by atoms with van der Waals surface area (Å²) < 4.78 is 65.9. The molecule has 0 unspecified atom stereocenters. The average Bonchev–Trinajstić information content (AvgIpc) is 2.14. The topological polar surface area (TPSA) is 144 Å². The lowest BCUT2D eigenvalue weighted by Crippen LogP contribution is -2.08. The molecule has 0 fully saturated rings. The first-order valence-electron chi connectivity index (χ1n) is 4.00. The first-order valence-corrected chi connectivity index (χ1v) is 6.88. The fourth-order valence-corrected chi connectivity index (χ4v) is 2.43. The van der Waals surface area contributed by atoms with E-state index in [0.717, 1.165) is 7.11 Å². The van der Waals surface area contributed by atoms with Crippen LogP contribution in [-0.2, 0) is 20.2 Å². The van der Waals surface area contributed by atoms with Crippen molar-refractivity contribution in [3.63, 3.8) is 0 Å². The van der Waals surface area contributed by atoms with E-state index < -0.39 is 41.5 Å². The largest absolute Gasteiger partial charge is 0.495 e. The number of anilines is 1. The molecule has 0 aliphatic carbocycles. The van der Waals surface area contributed by atoms with E-state index in [9.17, 15) is 16.8 Å². The highest BCUT2D eigenvalue weighted by atomic mass is 32.2. The van der Waals surface area contributed by atoms with Gasteiger partial charge in [-0.05, 0) is 6.07 Å². The molecule has 1 aromatic rings. The summed E-state index contributed by atoms with van der Waals surface area (Å²) in [4.78, 5) is -1.40. The van der Waals surface area contributed by atoms with Crippen molar-refractivity contribution in [2.24, 2.45) is 0 Å². The Morgan fingerprint density at radius 2 is 1.53 bits per heavy atom. The van der Waals surface area contributed by atoms with Crippen LogP contribution in [0.2, 0.25) is 0 Å². The maximum atomic E-state index is 10.9. The molecule has 96 valence electrons. The standard InChI is InChI=1S/C7H9NO7S2/c1-15-5-3-6(16(9,10)11)4(8)2-7(5)17(12,13)14/h2-3H,8H2,1H3,(H,9,10,11)(H,12,13,14). The first kappa shape index (κ1) is 13.7. The highest BCUT2D eigenvalue weighted by Gasteiger charge is 2.23. The number of hydrogen-bond donors (Lipinski definition) is 3. The molecule has 0 saturated carbocycles. The maximum Gasteiger partial charge on any atom is 0.298 e. The molecule has 10 heteroatoms. The summed E-state index contributed by atoms with van der Waals surface area (Å²) in [5.41, 5.74) is 4.73. The molecule has 0 heterocycles. The zero-order valence-electron chi connectivity index (χ0n) is 8.48. The quantitative estimate of drug-likeness (QED) is 0.509. The van der Waals surface area contributed by atoms with Crippen LogP contribution in [0.3, 0.4) is 0 Å². The molecule has 0 aliphatic heterocycles. The van der Waals surface area contributed by atoms with Crippen molar-refractivity contribution in [3.05, 3.63) is 12.1 Å². The van der Waals surface area contributed by atoms with Gasteiger partial charge in [-0.2, -0.15) is 16.8 Å². The van der Waals surface area contributed by atoms with Crippen LogP contribution in [0.5, 0.6) is 5.75 Å². The van der Waals surface area contributed by atoms with Crippen molar-refractivity contribution in [2.45, 2.75) is 9.79 Å². The molecular weight excluding hydrogens is 274 g/mol. The lowest BCUT2D eigenvalue weighted by molar-refractivity contribution is 0.395.